The first-order valence-electron chi connectivity index (χ1n) is 6.65. The molecule has 114 valence electrons. The van der Waals surface area contributed by atoms with E-state index in [4.69, 9.17) is 9.47 Å². The van der Waals surface area contributed by atoms with Crippen molar-refractivity contribution in [1.82, 2.24) is 4.31 Å². The molecule has 1 aromatic carbocycles. The van der Waals surface area contributed by atoms with Gasteiger partial charge in [-0.2, -0.15) is 4.31 Å². The monoisotopic (exact) mass is 313 g/mol. The molecule has 1 unspecified atom stereocenters. The number of carboxylic acids is 1. The molecule has 2 aliphatic heterocycles. The molecule has 2 aliphatic rings. The van der Waals surface area contributed by atoms with Crippen LogP contribution < -0.4 is 9.47 Å². The third-order valence-electron chi connectivity index (χ3n) is 3.61. The first-order valence-corrected chi connectivity index (χ1v) is 8.09. The lowest BCUT2D eigenvalue weighted by atomic mass is 10.2. The molecule has 0 aliphatic carbocycles. The van der Waals surface area contributed by atoms with Crippen LogP contribution in [-0.4, -0.2) is 49.6 Å². The number of aliphatic carboxylic acids is 1. The highest BCUT2D eigenvalue weighted by Crippen LogP contribution is 2.39. The highest BCUT2D eigenvalue weighted by atomic mass is 32.2. The van der Waals surface area contributed by atoms with Crippen LogP contribution in [-0.2, 0) is 14.8 Å². The van der Waals surface area contributed by atoms with Crippen LogP contribution in [0.1, 0.15) is 12.8 Å². The number of benzene rings is 1. The summed E-state index contributed by atoms with van der Waals surface area (Å²) in [5, 5.41) is 9.17. The smallest absolute Gasteiger partial charge is 0.322 e. The summed E-state index contributed by atoms with van der Waals surface area (Å²) >= 11 is 0. The first kappa shape index (κ1) is 14.2. The second kappa shape index (κ2) is 5.19. The highest BCUT2D eigenvalue weighted by molar-refractivity contribution is 7.89. The molecule has 0 radical (unpaired) electrons. The number of carboxylic acid groups (broad SMARTS) is 1. The molecule has 7 nitrogen and oxygen atoms in total. The molecule has 0 bridgehead atoms. The van der Waals surface area contributed by atoms with Crippen molar-refractivity contribution in [3.8, 4) is 11.5 Å². The zero-order valence-corrected chi connectivity index (χ0v) is 12.0. The zero-order valence-electron chi connectivity index (χ0n) is 11.2. The van der Waals surface area contributed by atoms with Gasteiger partial charge in [-0.1, -0.05) is 6.07 Å². The summed E-state index contributed by atoms with van der Waals surface area (Å²) in [7, 11) is -3.93. The third kappa shape index (κ3) is 2.34. The van der Waals surface area contributed by atoms with Gasteiger partial charge in [0.25, 0.3) is 0 Å². The molecule has 0 spiro atoms. The Hall–Kier alpha value is -1.80. The standard InChI is InChI=1S/C13H15NO6S/c15-13(16)9-3-2-6-14(9)21(17,18)11-5-1-4-10-12(11)20-8-7-19-10/h1,4-5,9H,2-3,6-8H2,(H,15,16). The number of para-hydroxylation sites is 1. The van der Waals surface area contributed by atoms with Crippen LogP contribution >= 0.6 is 0 Å². The van der Waals surface area contributed by atoms with Crippen molar-refractivity contribution >= 4 is 16.0 Å². The molecule has 0 aromatic heterocycles. The molecule has 1 fully saturated rings. The Balaban J connectivity index is 2.05. The summed E-state index contributed by atoms with van der Waals surface area (Å²) in [6.07, 6.45) is 0.851. The highest BCUT2D eigenvalue weighted by Gasteiger charge is 2.41. The summed E-state index contributed by atoms with van der Waals surface area (Å²) in [5.41, 5.74) is 0. The Labute approximate surface area is 122 Å². The van der Waals surface area contributed by atoms with Crippen LogP contribution in [0.5, 0.6) is 11.5 Å². The lowest BCUT2D eigenvalue weighted by Gasteiger charge is -2.25. The van der Waals surface area contributed by atoms with Gasteiger partial charge in [-0.15, -0.1) is 0 Å². The summed E-state index contributed by atoms with van der Waals surface area (Å²) in [5.74, 6) is -0.591. The fraction of sp³-hybridized carbons (Fsp3) is 0.462. The molecular weight excluding hydrogens is 298 g/mol. The van der Waals surface area contributed by atoms with E-state index < -0.39 is 22.0 Å². The number of carbonyl (C=O) groups is 1. The van der Waals surface area contributed by atoms with E-state index in [1.807, 2.05) is 0 Å². The second-order valence-corrected chi connectivity index (χ2v) is 6.75. The van der Waals surface area contributed by atoms with Gasteiger partial charge >= 0.3 is 5.97 Å². The zero-order chi connectivity index (χ0) is 15.0. The van der Waals surface area contributed by atoms with E-state index in [9.17, 15) is 18.3 Å². The molecule has 1 aromatic rings. The summed E-state index contributed by atoms with van der Waals surface area (Å²) < 4.78 is 37.3. The quantitative estimate of drug-likeness (QED) is 0.883. The Bertz CT molecular complexity index is 671. The Morgan fingerprint density at radius 2 is 2.05 bits per heavy atom. The van der Waals surface area contributed by atoms with E-state index in [-0.39, 0.29) is 23.8 Å². The van der Waals surface area contributed by atoms with Gasteiger partial charge in [0.1, 0.15) is 24.2 Å². The van der Waals surface area contributed by atoms with Crippen molar-refractivity contribution in [2.45, 2.75) is 23.8 Å². The van der Waals surface area contributed by atoms with Gasteiger partial charge < -0.3 is 14.6 Å². The van der Waals surface area contributed by atoms with Gasteiger partial charge in [-0.3, -0.25) is 4.79 Å². The lowest BCUT2D eigenvalue weighted by Crippen LogP contribution is -2.40. The van der Waals surface area contributed by atoms with Gasteiger partial charge in [-0.25, -0.2) is 8.42 Å². The van der Waals surface area contributed by atoms with E-state index in [0.29, 0.717) is 25.2 Å². The summed E-state index contributed by atoms with van der Waals surface area (Å²) in [4.78, 5) is 11.2. The number of sulfonamides is 1. The van der Waals surface area contributed by atoms with Crippen molar-refractivity contribution in [3.05, 3.63) is 18.2 Å². The van der Waals surface area contributed by atoms with Crippen molar-refractivity contribution < 1.29 is 27.8 Å². The first-order chi connectivity index (χ1) is 10.0. The van der Waals surface area contributed by atoms with Crippen LogP contribution in [0.25, 0.3) is 0 Å². The van der Waals surface area contributed by atoms with Crippen LogP contribution in [0.4, 0.5) is 0 Å². The molecule has 0 saturated carbocycles. The predicted molar refractivity (Wildman–Crippen MR) is 72.0 cm³/mol. The molecule has 2 heterocycles. The second-order valence-electron chi connectivity index (χ2n) is 4.89. The molecule has 1 N–H and O–H groups in total. The average Bonchev–Trinajstić information content (AvgIpc) is 2.97. The van der Waals surface area contributed by atoms with Gasteiger partial charge in [0.15, 0.2) is 11.5 Å². The Morgan fingerprint density at radius 3 is 2.81 bits per heavy atom. The largest absolute Gasteiger partial charge is 0.486 e. The van der Waals surface area contributed by atoms with E-state index >= 15 is 0 Å². The normalized spacial score (nSPS) is 22.2. The van der Waals surface area contributed by atoms with Gasteiger partial charge in [-0.05, 0) is 25.0 Å². The fourth-order valence-corrected chi connectivity index (χ4v) is 4.45. The number of hydrogen-bond acceptors (Lipinski definition) is 5. The van der Waals surface area contributed by atoms with Crippen LogP contribution in [0.15, 0.2) is 23.1 Å². The SMILES string of the molecule is O=C(O)C1CCCN1S(=O)(=O)c1cccc2c1OCCO2. The minimum Gasteiger partial charge on any atom is -0.486 e. The number of hydrogen-bond donors (Lipinski definition) is 1. The number of fused-ring (bicyclic) bond motifs is 1. The van der Waals surface area contributed by atoms with Gasteiger partial charge in [0.2, 0.25) is 10.0 Å². The maximum absolute atomic E-state index is 12.7. The molecule has 21 heavy (non-hydrogen) atoms. The molecule has 1 saturated heterocycles. The fourth-order valence-electron chi connectivity index (χ4n) is 2.65. The van der Waals surface area contributed by atoms with Gasteiger partial charge in [0.05, 0.1) is 0 Å². The number of ether oxygens (including phenoxy) is 2. The van der Waals surface area contributed by atoms with Crippen LogP contribution in [0.3, 0.4) is 0 Å². The molecule has 1 atom stereocenters. The number of rotatable bonds is 3. The predicted octanol–water partition coefficient (Wildman–Crippen LogP) is 0.695. The van der Waals surface area contributed by atoms with E-state index in [1.54, 1.807) is 12.1 Å². The van der Waals surface area contributed by atoms with Crippen molar-refractivity contribution in [1.29, 1.82) is 0 Å². The summed E-state index contributed by atoms with van der Waals surface area (Å²) in [6, 6.07) is 3.59. The topological polar surface area (TPSA) is 93.1 Å². The molecule has 0 amide bonds. The molecule has 8 heteroatoms. The average molecular weight is 313 g/mol. The lowest BCUT2D eigenvalue weighted by molar-refractivity contribution is -0.140. The summed E-state index contributed by atoms with van der Waals surface area (Å²) in [6.45, 7) is 0.823. The molecule has 3 rings (SSSR count). The third-order valence-corrected chi connectivity index (χ3v) is 5.54. The van der Waals surface area contributed by atoms with Crippen molar-refractivity contribution in [2.24, 2.45) is 0 Å². The van der Waals surface area contributed by atoms with Crippen LogP contribution in [0.2, 0.25) is 0 Å². The van der Waals surface area contributed by atoms with E-state index in [0.717, 1.165) is 4.31 Å². The van der Waals surface area contributed by atoms with Crippen LogP contribution in [0, 0.1) is 0 Å². The number of nitrogens with zero attached hydrogens (tertiary/aromatic N) is 1. The Morgan fingerprint density at radius 1 is 1.29 bits per heavy atom. The maximum atomic E-state index is 12.7. The van der Waals surface area contributed by atoms with E-state index in [1.165, 1.54) is 6.07 Å². The minimum atomic E-state index is -3.93. The maximum Gasteiger partial charge on any atom is 0.322 e. The Kier molecular flexibility index (Phi) is 3.50. The van der Waals surface area contributed by atoms with E-state index in [2.05, 4.69) is 0 Å². The van der Waals surface area contributed by atoms with Crippen molar-refractivity contribution in [3.63, 3.8) is 0 Å². The minimum absolute atomic E-state index is 0.0344. The van der Waals surface area contributed by atoms with Crippen molar-refractivity contribution in [2.75, 3.05) is 19.8 Å². The molecular formula is C13H15NO6S. The van der Waals surface area contributed by atoms with Gasteiger partial charge in [0, 0.05) is 6.54 Å².